The number of carbonyl (C=O) groups excluding carboxylic acids is 2. The zero-order valence-electron chi connectivity index (χ0n) is 18.9. The predicted octanol–water partition coefficient (Wildman–Crippen LogP) is 4.27. The summed E-state index contributed by atoms with van der Waals surface area (Å²) >= 11 is 0. The fourth-order valence-corrected chi connectivity index (χ4v) is 3.56. The molecule has 7 heteroatoms. The molecular formula is C27H26N4O3. The minimum absolute atomic E-state index is 0.126. The average Bonchev–Trinajstić information content (AvgIpc) is 3.31. The van der Waals surface area contributed by atoms with Crippen molar-refractivity contribution in [1.82, 2.24) is 14.5 Å². The van der Waals surface area contributed by atoms with Crippen LogP contribution in [-0.2, 0) is 9.53 Å². The van der Waals surface area contributed by atoms with Crippen LogP contribution in [0.4, 0.5) is 5.95 Å². The summed E-state index contributed by atoms with van der Waals surface area (Å²) in [5, 5.41) is 2.89. The van der Waals surface area contributed by atoms with Crippen LogP contribution in [0.3, 0.4) is 0 Å². The highest BCUT2D eigenvalue weighted by molar-refractivity contribution is 5.99. The lowest BCUT2D eigenvalue weighted by molar-refractivity contribution is -0.117. The van der Waals surface area contributed by atoms with Gasteiger partial charge in [0.25, 0.3) is 5.91 Å². The lowest BCUT2D eigenvalue weighted by Crippen LogP contribution is -2.40. The molecule has 1 N–H and O–H groups in total. The first-order valence-corrected chi connectivity index (χ1v) is 11.0. The van der Waals surface area contributed by atoms with E-state index in [9.17, 15) is 9.59 Å². The molecule has 0 aliphatic heterocycles. The summed E-state index contributed by atoms with van der Waals surface area (Å²) in [6, 6.07) is 28.3. The SMILES string of the molecule is COCCN(CC(=O)Nc1nc(-c2ccccc2)cn1-c1ccccc1)C(=O)c1ccccc1. The van der Waals surface area contributed by atoms with E-state index in [0.717, 1.165) is 16.9 Å². The molecule has 172 valence electrons. The minimum atomic E-state index is -0.345. The second-order valence-corrected chi connectivity index (χ2v) is 7.66. The molecule has 7 nitrogen and oxygen atoms in total. The van der Waals surface area contributed by atoms with E-state index >= 15 is 0 Å². The second kappa shape index (κ2) is 11.1. The van der Waals surface area contributed by atoms with Gasteiger partial charge in [-0.25, -0.2) is 4.98 Å². The number of hydrogen-bond donors (Lipinski definition) is 1. The molecule has 3 aromatic carbocycles. The van der Waals surface area contributed by atoms with Crippen LogP contribution in [0.15, 0.2) is 97.2 Å². The quantitative estimate of drug-likeness (QED) is 0.410. The van der Waals surface area contributed by atoms with Crippen LogP contribution in [0, 0.1) is 0 Å². The Morgan fingerprint density at radius 1 is 0.912 bits per heavy atom. The zero-order valence-corrected chi connectivity index (χ0v) is 18.9. The number of methoxy groups -OCH3 is 1. The van der Waals surface area contributed by atoms with Crippen molar-refractivity contribution in [2.75, 3.05) is 32.1 Å². The Morgan fingerprint density at radius 3 is 2.18 bits per heavy atom. The van der Waals surface area contributed by atoms with Crippen molar-refractivity contribution in [1.29, 1.82) is 0 Å². The number of anilines is 1. The van der Waals surface area contributed by atoms with Crippen molar-refractivity contribution >= 4 is 17.8 Å². The molecule has 0 spiro atoms. The van der Waals surface area contributed by atoms with Crippen molar-refractivity contribution in [3.8, 4) is 16.9 Å². The van der Waals surface area contributed by atoms with E-state index in [2.05, 4.69) is 10.3 Å². The number of hydrogen-bond acceptors (Lipinski definition) is 4. The molecule has 0 atom stereocenters. The van der Waals surface area contributed by atoms with Gasteiger partial charge in [0.1, 0.15) is 6.54 Å². The second-order valence-electron chi connectivity index (χ2n) is 7.66. The number of rotatable bonds is 9. The van der Waals surface area contributed by atoms with Crippen molar-refractivity contribution in [2.45, 2.75) is 0 Å². The molecule has 0 aliphatic carbocycles. The molecule has 4 rings (SSSR count). The molecule has 0 bridgehead atoms. The van der Waals surface area contributed by atoms with Crippen LogP contribution in [-0.4, -0.2) is 53.1 Å². The van der Waals surface area contributed by atoms with Crippen LogP contribution < -0.4 is 5.32 Å². The summed E-state index contributed by atoms with van der Waals surface area (Å²) in [4.78, 5) is 32.2. The topological polar surface area (TPSA) is 76.5 Å². The predicted molar refractivity (Wildman–Crippen MR) is 132 cm³/mol. The van der Waals surface area contributed by atoms with Gasteiger partial charge in [-0.05, 0) is 24.3 Å². The third-order valence-corrected chi connectivity index (χ3v) is 5.27. The number of benzene rings is 3. The summed E-state index contributed by atoms with van der Waals surface area (Å²) in [7, 11) is 1.56. The van der Waals surface area contributed by atoms with Gasteiger partial charge in [0, 0.05) is 36.7 Å². The lowest BCUT2D eigenvalue weighted by Gasteiger charge is -2.22. The molecular weight excluding hydrogens is 428 g/mol. The van der Waals surface area contributed by atoms with Gasteiger partial charge < -0.3 is 9.64 Å². The normalized spacial score (nSPS) is 10.6. The number of ether oxygens (including phenoxy) is 1. The van der Waals surface area contributed by atoms with Crippen LogP contribution in [0.25, 0.3) is 16.9 Å². The van der Waals surface area contributed by atoms with Gasteiger partial charge in [-0.2, -0.15) is 0 Å². The number of aromatic nitrogens is 2. The van der Waals surface area contributed by atoms with E-state index in [0.29, 0.717) is 24.7 Å². The molecule has 0 unspecified atom stereocenters. The molecule has 1 aromatic heterocycles. The van der Waals surface area contributed by atoms with Gasteiger partial charge >= 0.3 is 0 Å². The van der Waals surface area contributed by atoms with Gasteiger partial charge in [0.2, 0.25) is 11.9 Å². The molecule has 0 radical (unpaired) electrons. The Balaban J connectivity index is 1.58. The first kappa shape index (κ1) is 22.9. The van der Waals surface area contributed by atoms with Crippen LogP contribution in [0.1, 0.15) is 10.4 Å². The first-order chi connectivity index (χ1) is 16.7. The lowest BCUT2D eigenvalue weighted by atomic mass is 10.2. The summed E-state index contributed by atoms with van der Waals surface area (Å²) in [6.45, 7) is 0.488. The van der Waals surface area contributed by atoms with Crippen molar-refractivity contribution in [2.24, 2.45) is 0 Å². The summed E-state index contributed by atoms with van der Waals surface area (Å²) in [5.74, 6) is -0.194. The average molecular weight is 455 g/mol. The fourth-order valence-electron chi connectivity index (χ4n) is 3.56. The van der Waals surface area contributed by atoms with Crippen LogP contribution >= 0.6 is 0 Å². The van der Waals surface area contributed by atoms with Gasteiger partial charge in [-0.15, -0.1) is 0 Å². The highest BCUT2D eigenvalue weighted by Gasteiger charge is 2.20. The molecule has 4 aromatic rings. The summed E-state index contributed by atoms with van der Waals surface area (Å²) in [5.41, 5.74) is 3.05. The number of imidazole rings is 1. The van der Waals surface area contributed by atoms with E-state index in [4.69, 9.17) is 4.74 Å². The monoisotopic (exact) mass is 454 g/mol. The van der Waals surface area contributed by atoms with Crippen molar-refractivity contribution in [3.63, 3.8) is 0 Å². The van der Waals surface area contributed by atoms with E-state index in [1.54, 1.807) is 31.4 Å². The number of amides is 2. The summed E-state index contributed by atoms with van der Waals surface area (Å²) in [6.07, 6.45) is 1.89. The van der Waals surface area contributed by atoms with Crippen molar-refractivity contribution in [3.05, 3.63) is 103 Å². The Morgan fingerprint density at radius 2 is 1.53 bits per heavy atom. The maximum Gasteiger partial charge on any atom is 0.254 e. The molecule has 0 aliphatic rings. The fraction of sp³-hybridized carbons (Fsp3) is 0.148. The van der Waals surface area contributed by atoms with Gasteiger partial charge in [0.15, 0.2) is 0 Å². The first-order valence-electron chi connectivity index (χ1n) is 11.0. The van der Waals surface area contributed by atoms with E-state index in [1.165, 1.54) is 4.90 Å². The number of nitrogens with one attached hydrogen (secondary N) is 1. The van der Waals surface area contributed by atoms with Crippen molar-refractivity contribution < 1.29 is 14.3 Å². The number of para-hydroxylation sites is 1. The van der Waals surface area contributed by atoms with Crippen LogP contribution in [0.5, 0.6) is 0 Å². The minimum Gasteiger partial charge on any atom is -0.383 e. The maximum atomic E-state index is 13.1. The Kier molecular flexibility index (Phi) is 7.47. The van der Waals surface area contributed by atoms with E-state index < -0.39 is 0 Å². The Hall–Kier alpha value is -4.23. The van der Waals surface area contributed by atoms with E-state index in [1.807, 2.05) is 77.5 Å². The third-order valence-electron chi connectivity index (χ3n) is 5.27. The van der Waals surface area contributed by atoms with Gasteiger partial charge in [0.05, 0.1) is 12.3 Å². The molecule has 34 heavy (non-hydrogen) atoms. The van der Waals surface area contributed by atoms with Gasteiger partial charge in [-0.3, -0.25) is 19.5 Å². The highest BCUT2D eigenvalue weighted by atomic mass is 16.5. The Labute approximate surface area is 198 Å². The van der Waals surface area contributed by atoms with E-state index in [-0.39, 0.29) is 18.4 Å². The summed E-state index contributed by atoms with van der Waals surface area (Å²) < 4.78 is 6.98. The standard InChI is InChI=1S/C27H26N4O3/c1-34-18-17-30(26(33)22-13-7-3-8-14-22)20-25(32)29-27-28-24(21-11-5-2-6-12-21)19-31(27)23-15-9-4-10-16-23/h2-16,19H,17-18,20H2,1H3,(H,28,29,32). The molecule has 2 amide bonds. The zero-order chi connectivity index (χ0) is 23.8. The molecule has 0 saturated heterocycles. The van der Waals surface area contributed by atoms with Gasteiger partial charge in [-0.1, -0.05) is 66.7 Å². The molecule has 0 saturated carbocycles. The number of nitrogens with zero attached hydrogens (tertiary/aromatic N) is 3. The highest BCUT2D eigenvalue weighted by Crippen LogP contribution is 2.24. The third kappa shape index (κ3) is 5.57. The smallest absolute Gasteiger partial charge is 0.254 e. The number of carbonyl (C=O) groups is 2. The Bertz CT molecular complexity index is 1220. The largest absolute Gasteiger partial charge is 0.383 e. The van der Waals surface area contributed by atoms with Crippen LogP contribution in [0.2, 0.25) is 0 Å². The molecule has 0 fully saturated rings. The maximum absolute atomic E-state index is 13.1. The molecule has 1 heterocycles.